The number of nitrogens with zero attached hydrogens (tertiary/aromatic N) is 3. The van der Waals surface area contributed by atoms with E-state index in [9.17, 15) is 13.2 Å². The first-order valence-electron chi connectivity index (χ1n) is 8.05. The highest BCUT2D eigenvalue weighted by atomic mass is 32.3. The predicted molar refractivity (Wildman–Crippen MR) is 87.1 cm³/mol. The lowest BCUT2D eigenvalue weighted by Crippen LogP contribution is -2.35. The SMILES string of the molecule is N=C(N)NCCCc1cc([C@@H]2CC[C@@H]3CN2C(=O)N3OS(=O)(=O)O)no1. The van der Waals surface area contributed by atoms with Crippen LogP contribution in [-0.2, 0) is 21.1 Å². The molecule has 5 N–H and O–H groups in total. The number of hydrogen-bond donors (Lipinski definition) is 4. The van der Waals surface area contributed by atoms with Gasteiger partial charge in [0.1, 0.15) is 11.5 Å². The van der Waals surface area contributed by atoms with Gasteiger partial charge in [-0.1, -0.05) is 5.16 Å². The molecule has 0 unspecified atom stereocenters. The number of hydrogen-bond acceptors (Lipinski definition) is 7. The van der Waals surface area contributed by atoms with E-state index < -0.39 is 22.5 Å². The summed E-state index contributed by atoms with van der Waals surface area (Å²) in [6.45, 7) is 0.812. The number of rotatable bonds is 7. The number of fused-ring (bicyclic) bond motifs is 2. The zero-order valence-corrected chi connectivity index (χ0v) is 14.6. The van der Waals surface area contributed by atoms with Gasteiger partial charge in [-0.25, -0.2) is 4.79 Å². The average Bonchev–Trinajstić information content (AvgIpc) is 3.11. The molecule has 3 rings (SSSR count). The zero-order chi connectivity index (χ0) is 18.9. The number of carbonyl (C=O) groups excluding carboxylic acids is 1. The Bertz CT molecular complexity index is 795. The predicted octanol–water partition coefficient (Wildman–Crippen LogP) is -0.234. The minimum atomic E-state index is -4.76. The van der Waals surface area contributed by atoms with E-state index in [1.165, 1.54) is 4.90 Å². The van der Waals surface area contributed by atoms with Crippen molar-refractivity contribution in [3.05, 3.63) is 17.5 Å². The molecule has 2 aliphatic heterocycles. The van der Waals surface area contributed by atoms with Crippen LogP contribution in [0.1, 0.15) is 36.8 Å². The van der Waals surface area contributed by atoms with Gasteiger partial charge in [0, 0.05) is 25.6 Å². The number of nitrogens with two attached hydrogens (primary N) is 1. The lowest BCUT2D eigenvalue weighted by molar-refractivity contribution is -0.0317. The van der Waals surface area contributed by atoms with Gasteiger partial charge in [-0.15, -0.1) is 4.28 Å². The van der Waals surface area contributed by atoms with Crippen molar-refractivity contribution in [3.8, 4) is 0 Å². The van der Waals surface area contributed by atoms with E-state index in [0.29, 0.717) is 48.7 Å². The minimum absolute atomic E-state index is 0.0933. The van der Waals surface area contributed by atoms with E-state index in [2.05, 4.69) is 14.8 Å². The molecule has 2 amide bonds. The highest BCUT2D eigenvalue weighted by Gasteiger charge is 2.48. The van der Waals surface area contributed by atoms with E-state index in [1.807, 2.05) is 0 Å². The van der Waals surface area contributed by atoms with Crippen LogP contribution in [0.25, 0.3) is 0 Å². The summed E-state index contributed by atoms with van der Waals surface area (Å²) in [6, 6.07) is 0.342. The van der Waals surface area contributed by atoms with Gasteiger partial charge in [0.25, 0.3) is 0 Å². The Balaban J connectivity index is 1.63. The van der Waals surface area contributed by atoms with Gasteiger partial charge < -0.3 is 20.5 Å². The molecule has 12 nitrogen and oxygen atoms in total. The third-order valence-electron chi connectivity index (χ3n) is 4.33. The molecule has 2 saturated heterocycles. The minimum Gasteiger partial charge on any atom is -0.370 e. The highest BCUT2D eigenvalue weighted by Crippen LogP contribution is 2.38. The molecule has 2 bridgehead atoms. The van der Waals surface area contributed by atoms with Crippen molar-refractivity contribution in [1.29, 1.82) is 5.41 Å². The van der Waals surface area contributed by atoms with Crippen molar-refractivity contribution in [3.63, 3.8) is 0 Å². The lowest BCUT2D eigenvalue weighted by Gasteiger charge is -2.28. The quantitative estimate of drug-likeness (QED) is 0.213. The summed E-state index contributed by atoms with van der Waals surface area (Å²) < 4.78 is 40.3. The lowest BCUT2D eigenvalue weighted by atomic mass is 9.98. The Labute approximate surface area is 149 Å². The Kier molecular flexibility index (Phi) is 5.02. The van der Waals surface area contributed by atoms with Crippen molar-refractivity contribution in [1.82, 2.24) is 20.4 Å². The summed E-state index contributed by atoms with van der Waals surface area (Å²) in [5.41, 5.74) is 5.79. The van der Waals surface area contributed by atoms with Gasteiger partial charge in [-0.05, 0) is 19.3 Å². The molecule has 13 heteroatoms. The number of carbonyl (C=O) groups is 1. The van der Waals surface area contributed by atoms with Crippen molar-refractivity contribution in [2.45, 2.75) is 37.8 Å². The summed E-state index contributed by atoms with van der Waals surface area (Å²) in [5.74, 6) is 0.550. The van der Waals surface area contributed by atoms with Gasteiger partial charge in [0.2, 0.25) is 0 Å². The number of aromatic nitrogens is 1. The topological polar surface area (TPSA) is 175 Å². The molecule has 0 aliphatic carbocycles. The van der Waals surface area contributed by atoms with Crippen molar-refractivity contribution < 1.29 is 26.6 Å². The largest absolute Gasteiger partial charge is 0.418 e. The Morgan fingerprint density at radius 3 is 3.00 bits per heavy atom. The van der Waals surface area contributed by atoms with E-state index in [0.717, 1.165) is 0 Å². The third kappa shape index (κ3) is 4.05. The van der Waals surface area contributed by atoms with Gasteiger partial charge in [-0.3, -0.25) is 9.96 Å². The van der Waals surface area contributed by atoms with Crippen LogP contribution < -0.4 is 11.1 Å². The van der Waals surface area contributed by atoms with Crippen molar-refractivity contribution in [2.75, 3.05) is 13.1 Å². The second kappa shape index (κ2) is 7.09. The van der Waals surface area contributed by atoms with Gasteiger partial charge in [-0.2, -0.15) is 13.5 Å². The molecule has 1 aromatic heterocycles. The monoisotopic (exact) mass is 388 g/mol. The second-order valence-electron chi connectivity index (χ2n) is 6.17. The average molecular weight is 388 g/mol. The fourth-order valence-corrected chi connectivity index (χ4v) is 3.62. The van der Waals surface area contributed by atoms with Gasteiger partial charge in [0.15, 0.2) is 5.96 Å². The first-order valence-corrected chi connectivity index (χ1v) is 9.41. The Hall–Kier alpha value is -2.38. The standard InChI is InChI=1S/C13H20N6O6S/c14-12(15)16-5-1-2-9-6-10(17-24-9)11-4-3-8-7-18(11)13(20)19(8)25-26(21,22)23/h6,8,11H,1-5,7H2,(H4,14,15,16)(H,21,22,23)/t8-,11+/m1/s1. The number of amides is 2. The van der Waals surface area contributed by atoms with Crippen molar-refractivity contribution in [2.24, 2.45) is 5.73 Å². The number of guanidine groups is 1. The van der Waals surface area contributed by atoms with Crippen LogP contribution in [0.3, 0.4) is 0 Å². The first-order chi connectivity index (χ1) is 12.2. The summed E-state index contributed by atoms with van der Waals surface area (Å²) >= 11 is 0. The molecule has 0 aromatic carbocycles. The summed E-state index contributed by atoms with van der Waals surface area (Å²) in [4.78, 5) is 13.8. The van der Waals surface area contributed by atoms with Crippen LogP contribution in [-0.4, -0.2) is 59.2 Å². The van der Waals surface area contributed by atoms with Gasteiger partial charge in [0.05, 0.1) is 12.1 Å². The molecule has 0 radical (unpaired) electrons. The summed E-state index contributed by atoms with van der Waals surface area (Å²) in [5, 5.41) is 14.5. The van der Waals surface area contributed by atoms with Crippen LogP contribution in [0.2, 0.25) is 0 Å². The zero-order valence-electron chi connectivity index (χ0n) is 13.8. The maximum atomic E-state index is 12.4. The van der Waals surface area contributed by atoms with E-state index in [1.54, 1.807) is 6.07 Å². The molecule has 0 spiro atoms. The fourth-order valence-electron chi connectivity index (χ4n) is 3.23. The molecule has 2 aliphatic rings. The molecular weight excluding hydrogens is 368 g/mol. The van der Waals surface area contributed by atoms with E-state index >= 15 is 0 Å². The maximum absolute atomic E-state index is 12.4. The molecule has 2 fully saturated rings. The molecular formula is C13H20N6O6S. The van der Waals surface area contributed by atoms with E-state index in [-0.39, 0.29) is 18.5 Å². The van der Waals surface area contributed by atoms with Crippen LogP contribution in [0.15, 0.2) is 10.6 Å². The van der Waals surface area contributed by atoms with Crippen molar-refractivity contribution >= 4 is 22.4 Å². The van der Waals surface area contributed by atoms with Crippen LogP contribution in [0.5, 0.6) is 0 Å². The van der Waals surface area contributed by atoms with Gasteiger partial charge >= 0.3 is 16.4 Å². The Morgan fingerprint density at radius 1 is 1.54 bits per heavy atom. The van der Waals surface area contributed by atoms with Crippen LogP contribution in [0.4, 0.5) is 4.79 Å². The maximum Gasteiger partial charge on any atom is 0.418 e. The second-order valence-corrected chi connectivity index (χ2v) is 7.18. The van der Waals surface area contributed by atoms with Crippen LogP contribution >= 0.6 is 0 Å². The van der Waals surface area contributed by atoms with Crippen LogP contribution in [0, 0.1) is 5.41 Å². The number of aryl methyl sites for hydroxylation is 1. The number of urea groups is 1. The number of nitrogens with one attached hydrogen (secondary N) is 2. The molecule has 1 aromatic rings. The summed E-state index contributed by atoms with van der Waals surface area (Å²) in [6.07, 6.45) is 2.36. The number of piperidine rings is 1. The fraction of sp³-hybridized carbons (Fsp3) is 0.615. The smallest absolute Gasteiger partial charge is 0.370 e. The first kappa shape index (κ1) is 18.4. The highest BCUT2D eigenvalue weighted by molar-refractivity contribution is 7.80. The molecule has 0 saturated carbocycles. The third-order valence-corrected chi connectivity index (χ3v) is 4.68. The molecule has 144 valence electrons. The van der Waals surface area contributed by atoms with E-state index in [4.69, 9.17) is 20.2 Å². The molecule has 26 heavy (non-hydrogen) atoms. The Morgan fingerprint density at radius 2 is 2.31 bits per heavy atom. The normalized spacial score (nSPS) is 22.7. The number of hydroxylamine groups is 2. The molecule has 3 heterocycles. The summed E-state index contributed by atoms with van der Waals surface area (Å²) in [7, 11) is -4.76. The molecule has 2 atom stereocenters.